The van der Waals surface area contributed by atoms with Gasteiger partial charge in [0, 0.05) is 19.1 Å². The minimum absolute atomic E-state index is 0.394. The highest BCUT2D eigenvalue weighted by atomic mass is 16.4. The van der Waals surface area contributed by atoms with Crippen molar-refractivity contribution in [2.75, 3.05) is 13.1 Å². The summed E-state index contributed by atoms with van der Waals surface area (Å²) in [5, 5.41) is 9.36. The zero-order valence-electron chi connectivity index (χ0n) is 13.1. The molecule has 3 heteroatoms. The Kier molecular flexibility index (Phi) is 3.72. The molecular weight excluding hydrogens is 238 g/mol. The Hall–Kier alpha value is -0.570. The Morgan fingerprint density at radius 2 is 1.68 bits per heavy atom. The molecule has 0 bridgehead atoms. The Labute approximate surface area is 117 Å². The van der Waals surface area contributed by atoms with E-state index in [1.54, 1.807) is 0 Å². The quantitative estimate of drug-likeness (QED) is 0.835. The number of hydrogen-bond donors (Lipinski definition) is 1. The first kappa shape index (κ1) is 14.8. The molecule has 0 aromatic rings. The lowest BCUT2D eigenvalue weighted by Gasteiger charge is -2.49. The van der Waals surface area contributed by atoms with Gasteiger partial charge in [0.25, 0.3) is 0 Å². The maximum absolute atomic E-state index is 11.4. The number of piperidine rings is 1. The number of likely N-dealkylation sites (tertiary alicyclic amines) is 1. The molecule has 0 spiro atoms. The van der Waals surface area contributed by atoms with E-state index in [9.17, 15) is 9.90 Å². The Morgan fingerprint density at radius 1 is 1.16 bits per heavy atom. The summed E-state index contributed by atoms with van der Waals surface area (Å²) in [6, 6.07) is 0.474. The highest BCUT2D eigenvalue weighted by Gasteiger charge is 2.46. The van der Waals surface area contributed by atoms with Crippen molar-refractivity contribution >= 4 is 5.97 Å². The molecule has 2 fully saturated rings. The van der Waals surface area contributed by atoms with Gasteiger partial charge in [-0.15, -0.1) is 0 Å². The zero-order chi connectivity index (χ0) is 14.4. The number of carboxylic acids is 1. The highest BCUT2D eigenvalue weighted by Crippen LogP contribution is 2.45. The fourth-order valence-corrected chi connectivity index (χ4v) is 3.75. The van der Waals surface area contributed by atoms with Crippen LogP contribution in [0.2, 0.25) is 0 Å². The van der Waals surface area contributed by atoms with Crippen LogP contribution in [0.5, 0.6) is 0 Å². The summed E-state index contributed by atoms with van der Waals surface area (Å²) in [4.78, 5) is 13.9. The van der Waals surface area contributed by atoms with E-state index in [4.69, 9.17) is 0 Å². The summed E-state index contributed by atoms with van der Waals surface area (Å²) >= 11 is 0. The van der Waals surface area contributed by atoms with Gasteiger partial charge < -0.3 is 5.11 Å². The first-order chi connectivity index (χ1) is 8.67. The predicted octanol–water partition coefficient (Wildman–Crippen LogP) is 3.24. The summed E-state index contributed by atoms with van der Waals surface area (Å²) in [5.41, 5.74) is -0.102. The summed E-state index contributed by atoms with van der Waals surface area (Å²) in [7, 11) is 0. The fraction of sp³-hybridized carbons (Fsp3) is 0.938. The van der Waals surface area contributed by atoms with Crippen LogP contribution in [0.3, 0.4) is 0 Å². The van der Waals surface area contributed by atoms with Crippen molar-refractivity contribution in [1.29, 1.82) is 0 Å². The number of nitrogens with zero attached hydrogens (tertiary/aromatic N) is 1. The maximum atomic E-state index is 11.4. The van der Waals surface area contributed by atoms with Gasteiger partial charge in [0.2, 0.25) is 0 Å². The molecule has 2 rings (SSSR count). The van der Waals surface area contributed by atoms with Gasteiger partial charge in [-0.25, -0.2) is 0 Å². The summed E-state index contributed by atoms with van der Waals surface area (Å²) in [6.07, 6.45) is 2.69. The van der Waals surface area contributed by atoms with Crippen LogP contribution in [-0.4, -0.2) is 35.1 Å². The Balaban J connectivity index is 2.04. The van der Waals surface area contributed by atoms with Gasteiger partial charge in [-0.2, -0.15) is 0 Å². The van der Waals surface area contributed by atoms with E-state index in [-0.39, 0.29) is 0 Å². The van der Waals surface area contributed by atoms with Crippen LogP contribution < -0.4 is 0 Å². The van der Waals surface area contributed by atoms with Crippen molar-refractivity contribution in [2.45, 2.75) is 59.9 Å². The number of hydrogen-bond acceptors (Lipinski definition) is 2. The van der Waals surface area contributed by atoms with Crippen LogP contribution in [0.15, 0.2) is 0 Å². The van der Waals surface area contributed by atoms with E-state index >= 15 is 0 Å². The maximum Gasteiger partial charge on any atom is 0.309 e. The molecule has 1 heterocycles. The van der Waals surface area contributed by atoms with Crippen molar-refractivity contribution in [3.8, 4) is 0 Å². The lowest BCUT2D eigenvalue weighted by molar-refractivity contribution is -0.147. The normalized spacial score (nSPS) is 43.3. The first-order valence-corrected chi connectivity index (χ1v) is 7.64. The standard InChI is InChI=1S/C16H29NO2/c1-11-9-17(10-12(2)15(11,3)4)13-6-7-16(5,8-13)14(18)19/h11-13H,6-10H2,1-5H3,(H,18,19)/t11?,12?,13-,16+/m1/s1. The second-order valence-electron chi connectivity index (χ2n) is 7.84. The molecule has 1 aliphatic heterocycles. The Morgan fingerprint density at radius 3 is 2.11 bits per heavy atom. The molecule has 3 nitrogen and oxygen atoms in total. The molecule has 2 aliphatic rings. The lowest BCUT2D eigenvalue weighted by Crippen LogP contribution is -2.52. The third-order valence-corrected chi connectivity index (χ3v) is 6.31. The molecule has 1 saturated heterocycles. The van der Waals surface area contributed by atoms with Gasteiger partial charge in [-0.1, -0.05) is 27.7 Å². The van der Waals surface area contributed by atoms with Crippen molar-refractivity contribution in [3.05, 3.63) is 0 Å². The average molecular weight is 267 g/mol. The minimum atomic E-state index is -0.617. The first-order valence-electron chi connectivity index (χ1n) is 7.64. The molecule has 110 valence electrons. The summed E-state index contributed by atoms with van der Waals surface area (Å²) in [6.45, 7) is 13.6. The number of carbonyl (C=O) groups is 1. The van der Waals surface area contributed by atoms with E-state index in [1.807, 2.05) is 6.92 Å². The summed E-state index contributed by atoms with van der Waals surface area (Å²) in [5.74, 6) is 0.731. The van der Waals surface area contributed by atoms with Crippen LogP contribution in [0.1, 0.15) is 53.9 Å². The van der Waals surface area contributed by atoms with Gasteiger partial charge in [-0.05, 0) is 43.4 Å². The molecule has 0 aromatic heterocycles. The third kappa shape index (κ3) is 2.54. The van der Waals surface area contributed by atoms with Gasteiger partial charge in [0.1, 0.15) is 0 Å². The third-order valence-electron chi connectivity index (χ3n) is 6.31. The second kappa shape index (κ2) is 4.76. The predicted molar refractivity (Wildman–Crippen MR) is 77.1 cm³/mol. The molecule has 0 radical (unpaired) electrons. The van der Waals surface area contributed by atoms with Gasteiger partial charge in [0.15, 0.2) is 0 Å². The van der Waals surface area contributed by atoms with Gasteiger partial charge >= 0.3 is 5.97 Å². The lowest BCUT2D eigenvalue weighted by atomic mass is 9.67. The van der Waals surface area contributed by atoms with Crippen molar-refractivity contribution in [3.63, 3.8) is 0 Å². The molecule has 1 saturated carbocycles. The van der Waals surface area contributed by atoms with Crippen molar-refractivity contribution < 1.29 is 9.90 Å². The average Bonchev–Trinajstić information content (AvgIpc) is 2.70. The van der Waals surface area contributed by atoms with Gasteiger partial charge in [0.05, 0.1) is 5.41 Å². The van der Waals surface area contributed by atoms with Crippen LogP contribution in [0, 0.1) is 22.7 Å². The van der Waals surface area contributed by atoms with Crippen LogP contribution >= 0.6 is 0 Å². The van der Waals surface area contributed by atoms with E-state index in [0.717, 1.165) is 32.4 Å². The summed E-state index contributed by atoms with van der Waals surface area (Å²) < 4.78 is 0. The smallest absolute Gasteiger partial charge is 0.309 e. The van der Waals surface area contributed by atoms with E-state index in [0.29, 0.717) is 23.3 Å². The van der Waals surface area contributed by atoms with Gasteiger partial charge in [-0.3, -0.25) is 9.69 Å². The molecule has 1 N–H and O–H groups in total. The van der Waals surface area contributed by atoms with E-state index in [2.05, 4.69) is 32.6 Å². The minimum Gasteiger partial charge on any atom is -0.481 e. The molecule has 0 amide bonds. The molecular formula is C16H29NO2. The fourth-order valence-electron chi connectivity index (χ4n) is 3.75. The van der Waals surface area contributed by atoms with Crippen LogP contribution in [0.25, 0.3) is 0 Å². The highest BCUT2D eigenvalue weighted by molar-refractivity contribution is 5.74. The molecule has 0 aromatic carbocycles. The monoisotopic (exact) mass is 267 g/mol. The molecule has 4 atom stereocenters. The van der Waals surface area contributed by atoms with Crippen molar-refractivity contribution in [1.82, 2.24) is 4.90 Å². The number of rotatable bonds is 2. The molecule has 2 unspecified atom stereocenters. The van der Waals surface area contributed by atoms with Crippen LogP contribution in [0.4, 0.5) is 0 Å². The molecule has 19 heavy (non-hydrogen) atoms. The van der Waals surface area contributed by atoms with Crippen LogP contribution in [-0.2, 0) is 4.79 Å². The topological polar surface area (TPSA) is 40.5 Å². The van der Waals surface area contributed by atoms with E-state index < -0.39 is 11.4 Å². The Bertz CT molecular complexity index is 352. The number of aliphatic carboxylic acids is 1. The van der Waals surface area contributed by atoms with Crippen molar-refractivity contribution in [2.24, 2.45) is 22.7 Å². The SMILES string of the molecule is CC1CN([C@@H]2CC[C@](C)(C(=O)O)C2)CC(C)C1(C)C. The second-order valence-corrected chi connectivity index (χ2v) is 7.84. The zero-order valence-corrected chi connectivity index (χ0v) is 13.1. The molecule has 1 aliphatic carbocycles. The number of carboxylic acid groups (broad SMARTS) is 1. The largest absolute Gasteiger partial charge is 0.481 e. The van der Waals surface area contributed by atoms with E-state index in [1.165, 1.54) is 0 Å².